The summed E-state index contributed by atoms with van der Waals surface area (Å²) in [5, 5.41) is 2.96. The third-order valence-corrected chi connectivity index (χ3v) is 4.73. The second kappa shape index (κ2) is 8.36. The van der Waals surface area contributed by atoms with Crippen LogP contribution in [0.3, 0.4) is 0 Å². The largest absolute Gasteiger partial charge is 0.352 e. The van der Waals surface area contributed by atoms with E-state index in [4.69, 9.17) is 0 Å². The van der Waals surface area contributed by atoms with Crippen molar-refractivity contribution in [1.82, 2.24) is 15.1 Å². The van der Waals surface area contributed by atoms with Gasteiger partial charge in [0.05, 0.1) is 5.92 Å². The highest BCUT2D eigenvalue weighted by molar-refractivity contribution is 7.98. The molecule has 1 aliphatic heterocycles. The average Bonchev–Trinajstić information content (AvgIpc) is 2.92. The van der Waals surface area contributed by atoms with Crippen LogP contribution in [0.25, 0.3) is 0 Å². The lowest BCUT2D eigenvalue weighted by Crippen LogP contribution is -2.35. The fourth-order valence-electron chi connectivity index (χ4n) is 2.60. The smallest absolute Gasteiger partial charge is 0.225 e. The number of likely N-dealkylation sites (tertiary alicyclic amines) is 1. The predicted octanol–water partition coefficient (Wildman–Crippen LogP) is 1.43. The number of amides is 2. The Morgan fingerprint density at radius 3 is 2.91 bits per heavy atom. The second-order valence-corrected chi connectivity index (χ2v) is 6.99. The van der Waals surface area contributed by atoms with Gasteiger partial charge in [0.15, 0.2) is 0 Å². The Kier molecular flexibility index (Phi) is 6.47. The molecule has 0 bridgehead atoms. The van der Waals surface area contributed by atoms with Crippen LogP contribution in [0.4, 0.5) is 0 Å². The molecule has 1 saturated heterocycles. The first kappa shape index (κ1) is 17.8. The van der Waals surface area contributed by atoms with E-state index in [1.165, 1.54) is 4.90 Å². The molecule has 0 aliphatic carbocycles. The molecule has 1 aromatic rings. The number of likely N-dealkylation sites (N-methyl/N-ethyl adjacent to an activating group) is 1. The molecule has 1 heterocycles. The second-order valence-electron chi connectivity index (χ2n) is 6.11. The van der Waals surface area contributed by atoms with Gasteiger partial charge in [-0.05, 0) is 38.0 Å². The van der Waals surface area contributed by atoms with E-state index in [1.807, 2.05) is 43.5 Å². The predicted molar refractivity (Wildman–Crippen MR) is 93.3 cm³/mol. The van der Waals surface area contributed by atoms with Crippen molar-refractivity contribution in [2.45, 2.75) is 17.9 Å². The molecule has 2 amide bonds. The van der Waals surface area contributed by atoms with Gasteiger partial charge in [-0.15, -0.1) is 11.8 Å². The van der Waals surface area contributed by atoms with Crippen LogP contribution in [0, 0.1) is 5.92 Å². The van der Waals surface area contributed by atoms with E-state index < -0.39 is 0 Å². The molecule has 1 N–H and O–H groups in total. The van der Waals surface area contributed by atoms with E-state index in [-0.39, 0.29) is 17.7 Å². The van der Waals surface area contributed by atoms with E-state index in [1.54, 1.807) is 16.7 Å². The van der Waals surface area contributed by atoms with Crippen molar-refractivity contribution in [1.29, 1.82) is 0 Å². The summed E-state index contributed by atoms with van der Waals surface area (Å²) in [5.74, 6) is -0.176. The van der Waals surface area contributed by atoms with Crippen molar-refractivity contribution < 1.29 is 9.59 Å². The van der Waals surface area contributed by atoms with Crippen molar-refractivity contribution in [3.63, 3.8) is 0 Å². The molecular formula is C17H25N3O2S. The summed E-state index contributed by atoms with van der Waals surface area (Å²) in [5.41, 5.74) is 1.08. The number of carbonyl (C=O) groups is 2. The van der Waals surface area contributed by atoms with Crippen LogP contribution in [0.2, 0.25) is 0 Å². The van der Waals surface area contributed by atoms with Gasteiger partial charge in [0.25, 0.3) is 0 Å². The summed E-state index contributed by atoms with van der Waals surface area (Å²) in [7, 11) is 3.96. The van der Waals surface area contributed by atoms with Crippen LogP contribution in [0.1, 0.15) is 12.0 Å². The molecule has 6 heteroatoms. The molecule has 5 nitrogen and oxygen atoms in total. The van der Waals surface area contributed by atoms with Crippen LogP contribution < -0.4 is 5.32 Å². The highest BCUT2D eigenvalue weighted by Gasteiger charge is 2.33. The summed E-state index contributed by atoms with van der Waals surface area (Å²) < 4.78 is 0. The molecule has 0 radical (unpaired) electrons. The lowest BCUT2D eigenvalue weighted by molar-refractivity contribution is -0.129. The Balaban J connectivity index is 1.83. The number of rotatable bonds is 7. The van der Waals surface area contributed by atoms with E-state index in [9.17, 15) is 9.59 Å². The Morgan fingerprint density at radius 1 is 1.43 bits per heavy atom. The summed E-state index contributed by atoms with van der Waals surface area (Å²) in [4.78, 5) is 29.3. The number of nitrogens with zero attached hydrogens (tertiary/aromatic N) is 2. The fraction of sp³-hybridized carbons (Fsp3) is 0.529. The van der Waals surface area contributed by atoms with E-state index in [2.05, 4.69) is 11.4 Å². The molecule has 0 unspecified atom stereocenters. The third kappa shape index (κ3) is 5.25. The molecule has 0 spiro atoms. The molecule has 2 rings (SSSR count). The van der Waals surface area contributed by atoms with E-state index in [0.29, 0.717) is 26.1 Å². The van der Waals surface area contributed by atoms with Crippen molar-refractivity contribution in [3.05, 3.63) is 29.8 Å². The first-order valence-electron chi connectivity index (χ1n) is 7.82. The lowest BCUT2D eigenvalue weighted by atomic mass is 10.1. The zero-order valence-electron chi connectivity index (χ0n) is 14.0. The molecule has 1 aliphatic rings. The SMILES string of the molecule is CSc1cccc(CNC(=O)[C@H]2CC(=O)N(CCN(C)C)C2)c1. The first-order valence-corrected chi connectivity index (χ1v) is 9.05. The molecular weight excluding hydrogens is 310 g/mol. The van der Waals surface area contributed by atoms with Gasteiger partial charge in [-0.25, -0.2) is 0 Å². The highest BCUT2D eigenvalue weighted by atomic mass is 32.2. The minimum absolute atomic E-state index is 0.0275. The maximum atomic E-state index is 12.3. The summed E-state index contributed by atoms with van der Waals surface area (Å²) >= 11 is 1.68. The van der Waals surface area contributed by atoms with Gasteiger partial charge >= 0.3 is 0 Å². The number of benzene rings is 1. The number of hydrogen-bond acceptors (Lipinski definition) is 4. The highest BCUT2D eigenvalue weighted by Crippen LogP contribution is 2.19. The normalized spacial score (nSPS) is 17.8. The average molecular weight is 335 g/mol. The van der Waals surface area contributed by atoms with Gasteiger partial charge in [-0.2, -0.15) is 0 Å². The number of thioether (sulfide) groups is 1. The van der Waals surface area contributed by atoms with Crippen LogP contribution in [0.15, 0.2) is 29.2 Å². The minimum Gasteiger partial charge on any atom is -0.352 e. The number of carbonyl (C=O) groups excluding carboxylic acids is 2. The van der Waals surface area contributed by atoms with Gasteiger partial charge in [0.1, 0.15) is 0 Å². The van der Waals surface area contributed by atoms with Crippen LogP contribution >= 0.6 is 11.8 Å². The maximum absolute atomic E-state index is 12.3. The van der Waals surface area contributed by atoms with Crippen molar-refractivity contribution in [3.8, 4) is 0 Å². The Morgan fingerprint density at radius 2 is 2.22 bits per heavy atom. The van der Waals surface area contributed by atoms with Crippen LogP contribution in [-0.2, 0) is 16.1 Å². The van der Waals surface area contributed by atoms with Gasteiger partial charge in [0, 0.05) is 37.5 Å². The Labute approximate surface area is 142 Å². The van der Waals surface area contributed by atoms with Crippen molar-refractivity contribution >= 4 is 23.6 Å². The Hall–Kier alpha value is -1.53. The van der Waals surface area contributed by atoms with Gasteiger partial charge < -0.3 is 15.1 Å². The molecule has 126 valence electrons. The maximum Gasteiger partial charge on any atom is 0.225 e. The Bertz CT molecular complexity index is 563. The zero-order valence-corrected chi connectivity index (χ0v) is 14.9. The lowest BCUT2D eigenvalue weighted by Gasteiger charge is -2.19. The topological polar surface area (TPSA) is 52.7 Å². The quantitative estimate of drug-likeness (QED) is 0.766. The number of nitrogens with one attached hydrogen (secondary N) is 1. The van der Waals surface area contributed by atoms with Crippen LogP contribution in [0.5, 0.6) is 0 Å². The van der Waals surface area contributed by atoms with Gasteiger partial charge in [-0.3, -0.25) is 9.59 Å². The summed E-state index contributed by atoms with van der Waals surface area (Å²) in [6.45, 7) is 2.55. The molecule has 1 fully saturated rings. The van der Waals surface area contributed by atoms with Crippen molar-refractivity contribution in [2.24, 2.45) is 5.92 Å². The van der Waals surface area contributed by atoms with E-state index >= 15 is 0 Å². The van der Waals surface area contributed by atoms with E-state index in [0.717, 1.165) is 12.1 Å². The van der Waals surface area contributed by atoms with Gasteiger partial charge in [0.2, 0.25) is 11.8 Å². The summed E-state index contributed by atoms with van der Waals surface area (Å²) in [6.07, 6.45) is 2.36. The zero-order chi connectivity index (χ0) is 16.8. The van der Waals surface area contributed by atoms with Crippen LogP contribution in [-0.4, -0.2) is 61.6 Å². The standard InChI is InChI=1S/C17H25N3O2S/c1-19(2)7-8-20-12-14(10-16(20)21)17(22)18-11-13-5-4-6-15(9-13)23-3/h4-6,9,14H,7-8,10-12H2,1-3H3,(H,18,22)/t14-/m0/s1. The monoisotopic (exact) mass is 335 g/mol. The number of hydrogen-bond donors (Lipinski definition) is 1. The van der Waals surface area contributed by atoms with Crippen molar-refractivity contribution in [2.75, 3.05) is 40.0 Å². The third-order valence-electron chi connectivity index (χ3n) is 4.00. The summed E-state index contributed by atoms with van der Waals surface area (Å²) in [6, 6.07) is 8.13. The van der Waals surface area contributed by atoms with Gasteiger partial charge in [-0.1, -0.05) is 12.1 Å². The molecule has 0 aromatic heterocycles. The molecule has 1 aromatic carbocycles. The molecule has 23 heavy (non-hydrogen) atoms. The fourth-order valence-corrected chi connectivity index (χ4v) is 3.08. The molecule has 0 saturated carbocycles. The first-order chi connectivity index (χ1) is 11.0. The molecule has 1 atom stereocenters. The minimum atomic E-state index is -0.228.